The molecule has 1 aromatic carbocycles. The Hall–Kier alpha value is -1.31. The van der Waals surface area contributed by atoms with E-state index in [2.05, 4.69) is 51.0 Å². The van der Waals surface area contributed by atoms with Crippen molar-refractivity contribution < 1.29 is 0 Å². The third-order valence-electron chi connectivity index (χ3n) is 4.52. The van der Waals surface area contributed by atoms with Crippen LogP contribution in [0.15, 0.2) is 18.2 Å². The van der Waals surface area contributed by atoms with Crippen LogP contribution >= 0.6 is 0 Å². The lowest BCUT2D eigenvalue weighted by atomic mass is 9.81. The molecule has 2 heteroatoms. The second kappa shape index (κ2) is 6.43. The minimum absolute atomic E-state index is 0.684. The number of aryl methyl sites for hydroxylation is 2. The van der Waals surface area contributed by atoms with Gasteiger partial charge in [0.15, 0.2) is 0 Å². The fourth-order valence-electron chi connectivity index (χ4n) is 3.44. The van der Waals surface area contributed by atoms with Gasteiger partial charge in [0.1, 0.15) is 0 Å². The van der Waals surface area contributed by atoms with E-state index in [0.717, 1.165) is 11.6 Å². The second-order valence-electron chi connectivity index (χ2n) is 6.15. The summed E-state index contributed by atoms with van der Waals surface area (Å²) in [6.45, 7) is 9.09. The molecule has 0 N–H and O–H groups in total. The van der Waals surface area contributed by atoms with Crippen LogP contribution in [0.25, 0.3) is 10.9 Å². The average molecular weight is 272 g/mol. The zero-order valence-electron chi connectivity index (χ0n) is 13.6. The third-order valence-corrected chi connectivity index (χ3v) is 4.52. The predicted molar refractivity (Wildman–Crippen MR) is 87.2 cm³/mol. The number of nitrogens with zero attached hydrogens (tertiary/aromatic N) is 2. The van der Waals surface area contributed by atoms with Crippen LogP contribution in [0.1, 0.15) is 63.6 Å². The molecular formula is C18H28N2. The van der Waals surface area contributed by atoms with Gasteiger partial charge < -0.3 is 0 Å². The van der Waals surface area contributed by atoms with Gasteiger partial charge in [0, 0.05) is 12.4 Å². The van der Waals surface area contributed by atoms with E-state index in [1.165, 1.54) is 42.1 Å². The van der Waals surface area contributed by atoms with E-state index in [9.17, 15) is 0 Å². The molecule has 0 radical (unpaired) electrons. The number of aromatic nitrogens is 2. The maximum absolute atomic E-state index is 4.53. The minimum atomic E-state index is 0.684. The molecule has 2 nitrogen and oxygen atoms in total. The Balaban J connectivity index is 2.40. The first kappa shape index (κ1) is 15.1. The van der Waals surface area contributed by atoms with Crippen LogP contribution in [0, 0.1) is 12.8 Å². The Labute approximate surface area is 123 Å². The molecule has 110 valence electrons. The van der Waals surface area contributed by atoms with Crippen molar-refractivity contribution in [3.63, 3.8) is 0 Å². The SMILES string of the molecule is CCCC(C)C(CCC)c1ccc2c(c1)c(C)nn2C. The Morgan fingerprint density at radius 3 is 2.50 bits per heavy atom. The Kier molecular flexibility index (Phi) is 4.85. The van der Waals surface area contributed by atoms with Crippen LogP contribution in [-0.4, -0.2) is 9.78 Å². The molecule has 2 unspecified atom stereocenters. The maximum atomic E-state index is 4.53. The molecule has 0 saturated carbocycles. The van der Waals surface area contributed by atoms with Crippen molar-refractivity contribution in [3.8, 4) is 0 Å². The van der Waals surface area contributed by atoms with E-state index in [-0.39, 0.29) is 0 Å². The first-order valence-electron chi connectivity index (χ1n) is 8.01. The molecular weight excluding hydrogens is 244 g/mol. The summed E-state index contributed by atoms with van der Waals surface area (Å²) in [6.07, 6.45) is 5.12. The normalized spacial score (nSPS) is 14.7. The lowest BCUT2D eigenvalue weighted by Gasteiger charge is -2.24. The van der Waals surface area contributed by atoms with Gasteiger partial charge in [-0.25, -0.2) is 0 Å². The predicted octanol–water partition coefficient (Wildman–Crippen LogP) is 5.20. The highest BCUT2D eigenvalue weighted by atomic mass is 15.3. The number of benzene rings is 1. The third kappa shape index (κ3) is 2.89. The van der Waals surface area contributed by atoms with Crippen molar-refractivity contribution in [2.75, 3.05) is 0 Å². The molecule has 1 aromatic heterocycles. The summed E-state index contributed by atoms with van der Waals surface area (Å²) >= 11 is 0. The summed E-state index contributed by atoms with van der Waals surface area (Å²) in [5.41, 5.74) is 3.88. The van der Waals surface area contributed by atoms with E-state index in [1.54, 1.807) is 0 Å². The number of rotatable bonds is 6. The highest BCUT2D eigenvalue weighted by molar-refractivity contribution is 5.82. The van der Waals surface area contributed by atoms with Gasteiger partial charge in [0.2, 0.25) is 0 Å². The van der Waals surface area contributed by atoms with Crippen molar-refractivity contribution in [1.29, 1.82) is 0 Å². The topological polar surface area (TPSA) is 17.8 Å². The standard InChI is InChI=1S/C18H28N2/c1-6-8-13(3)16(9-7-2)15-10-11-18-17(12-15)14(4)19-20(18)5/h10-13,16H,6-9H2,1-5H3. The van der Waals surface area contributed by atoms with Crippen LogP contribution in [0.5, 0.6) is 0 Å². The van der Waals surface area contributed by atoms with Gasteiger partial charge in [0.25, 0.3) is 0 Å². The molecule has 0 amide bonds. The fraction of sp³-hybridized carbons (Fsp3) is 0.611. The number of hydrogen-bond donors (Lipinski definition) is 0. The van der Waals surface area contributed by atoms with E-state index in [0.29, 0.717) is 5.92 Å². The summed E-state index contributed by atoms with van der Waals surface area (Å²) in [4.78, 5) is 0. The van der Waals surface area contributed by atoms with Crippen LogP contribution < -0.4 is 0 Å². The summed E-state index contributed by atoms with van der Waals surface area (Å²) in [5.74, 6) is 1.44. The fourth-order valence-corrected chi connectivity index (χ4v) is 3.44. The van der Waals surface area contributed by atoms with Crippen molar-refractivity contribution in [1.82, 2.24) is 9.78 Å². The first-order chi connectivity index (χ1) is 9.58. The minimum Gasteiger partial charge on any atom is -0.268 e. The highest BCUT2D eigenvalue weighted by Crippen LogP contribution is 2.34. The molecule has 1 heterocycles. The van der Waals surface area contributed by atoms with Gasteiger partial charge >= 0.3 is 0 Å². The van der Waals surface area contributed by atoms with Gasteiger partial charge in [-0.1, -0.05) is 46.1 Å². The maximum Gasteiger partial charge on any atom is 0.0682 e. The number of hydrogen-bond acceptors (Lipinski definition) is 1. The largest absolute Gasteiger partial charge is 0.268 e. The summed E-state index contributed by atoms with van der Waals surface area (Å²) in [7, 11) is 2.03. The van der Waals surface area contributed by atoms with E-state index in [4.69, 9.17) is 0 Å². The molecule has 0 aliphatic rings. The monoisotopic (exact) mass is 272 g/mol. The molecule has 0 aliphatic heterocycles. The molecule has 20 heavy (non-hydrogen) atoms. The molecule has 0 aliphatic carbocycles. The lowest BCUT2D eigenvalue weighted by molar-refractivity contribution is 0.401. The van der Waals surface area contributed by atoms with Gasteiger partial charge in [-0.2, -0.15) is 5.10 Å². The second-order valence-corrected chi connectivity index (χ2v) is 6.15. The lowest BCUT2D eigenvalue weighted by Crippen LogP contribution is -2.09. The zero-order chi connectivity index (χ0) is 14.7. The van der Waals surface area contributed by atoms with Crippen molar-refractivity contribution in [3.05, 3.63) is 29.5 Å². The van der Waals surface area contributed by atoms with E-state index >= 15 is 0 Å². The van der Waals surface area contributed by atoms with Crippen molar-refractivity contribution in [2.24, 2.45) is 13.0 Å². The summed E-state index contributed by atoms with van der Waals surface area (Å²) in [6, 6.07) is 6.94. The van der Waals surface area contributed by atoms with Gasteiger partial charge in [-0.15, -0.1) is 0 Å². The van der Waals surface area contributed by atoms with Gasteiger partial charge in [0.05, 0.1) is 11.2 Å². The number of fused-ring (bicyclic) bond motifs is 1. The van der Waals surface area contributed by atoms with Gasteiger partial charge in [-0.3, -0.25) is 4.68 Å². The quantitative estimate of drug-likeness (QED) is 0.706. The molecule has 0 bridgehead atoms. The Morgan fingerprint density at radius 2 is 1.85 bits per heavy atom. The van der Waals surface area contributed by atoms with Gasteiger partial charge in [-0.05, 0) is 42.9 Å². The average Bonchev–Trinajstić information content (AvgIpc) is 2.71. The smallest absolute Gasteiger partial charge is 0.0682 e. The molecule has 2 rings (SSSR count). The van der Waals surface area contributed by atoms with Crippen LogP contribution in [0.2, 0.25) is 0 Å². The van der Waals surface area contributed by atoms with Crippen molar-refractivity contribution >= 4 is 10.9 Å². The molecule has 2 aromatic rings. The summed E-state index contributed by atoms with van der Waals surface area (Å²) < 4.78 is 1.98. The van der Waals surface area contributed by atoms with E-state index in [1.807, 2.05) is 11.7 Å². The van der Waals surface area contributed by atoms with E-state index < -0.39 is 0 Å². The molecule has 2 atom stereocenters. The molecule has 0 spiro atoms. The Bertz CT molecular complexity index is 568. The molecule has 0 fully saturated rings. The van der Waals surface area contributed by atoms with Crippen LogP contribution in [0.3, 0.4) is 0 Å². The zero-order valence-corrected chi connectivity index (χ0v) is 13.6. The Morgan fingerprint density at radius 1 is 1.15 bits per heavy atom. The van der Waals surface area contributed by atoms with Crippen LogP contribution in [0.4, 0.5) is 0 Å². The molecule has 0 saturated heterocycles. The summed E-state index contributed by atoms with van der Waals surface area (Å²) in [5, 5.41) is 5.85. The van der Waals surface area contributed by atoms with Crippen molar-refractivity contribution in [2.45, 2.75) is 59.3 Å². The first-order valence-corrected chi connectivity index (χ1v) is 8.01. The highest BCUT2D eigenvalue weighted by Gasteiger charge is 2.19. The van der Waals surface area contributed by atoms with Crippen LogP contribution in [-0.2, 0) is 7.05 Å².